The summed E-state index contributed by atoms with van der Waals surface area (Å²) in [6.45, 7) is 20.7. The molecule has 0 aliphatic heterocycles. The van der Waals surface area contributed by atoms with Gasteiger partial charge in [0.1, 0.15) is 11.6 Å². The van der Waals surface area contributed by atoms with Gasteiger partial charge in [0.2, 0.25) is 0 Å². The Labute approximate surface area is 151 Å². The van der Waals surface area contributed by atoms with Crippen molar-refractivity contribution >= 4 is 11.6 Å². The minimum atomic E-state index is -0.483. The highest BCUT2D eigenvalue weighted by atomic mass is 16.1. The van der Waals surface area contributed by atoms with Gasteiger partial charge in [-0.1, -0.05) is 74.7 Å². The quantitative estimate of drug-likeness (QED) is 0.425. The average Bonchev–Trinajstić information content (AvgIpc) is 2.43. The molecule has 0 bridgehead atoms. The number of rotatable bonds is 11. The number of hydrogen-bond acceptors (Lipinski definition) is 2. The molecule has 0 spiro atoms. The highest BCUT2D eigenvalue weighted by Gasteiger charge is 2.50. The highest BCUT2D eigenvalue weighted by molar-refractivity contribution is 5.86. The van der Waals surface area contributed by atoms with E-state index in [0.717, 1.165) is 19.3 Å². The van der Waals surface area contributed by atoms with Crippen LogP contribution in [0.15, 0.2) is 0 Å². The van der Waals surface area contributed by atoms with Gasteiger partial charge in [-0.25, -0.2) is 0 Å². The molecule has 2 atom stereocenters. The van der Waals surface area contributed by atoms with Crippen LogP contribution in [0, 0.1) is 21.7 Å². The lowest BCUT2D eigenvalue weighted by molar-refractivity contribution is -0.141. The van der Waals surface area contributed by atoms with Gasteiger partial charge in [-0.15, -0.1) is 0 Å². The second-order valence-electron chi connectivity index (χ2n) is 9.86. The fourth-order valence-corrected chi connectivity index (χ4v) is 4.12. The molecule has 0 radical (unpaired) electrons. The second-order valence-corrected chi connectivity index (χ2v) is 9.86. The molecule has 0 heterocycles. The van der Waals surface area contributed by atoms with Crippen LogP contribution in [0.4, 0.5) is 0 Å². The SMILES string of the molecule is CCCCC(C)(C)CC(C)(CC(C)(C(C)=O)C(C)(C)CC)C(C)=O. The van der Waals surface area contributed by atoms with Gasteiger partial charge in [-0.2, -0.15) is 0 Å². The molecule has 0 aromatic rings. The minimum Gasteiger partial charge on any atom is -0.299 e. The van der Waals surface area contributed by atoms with Gasteiger partial charge in [0.25, 0.3) is 0 Å². The van der Waals surface area contributed by atoms with Crippen LogP contribution in [0.25, 0.3) is 0 Å². The monoisotopic (exact) mass is 338 g/mol. The van der Waals surface area contributed by atoms with E-state index in [0.29, 0.717) is 6.42 Å². The van der Waals surface area contributed by atoms with Crippen molar-refractivity contribution in [1.82, 2.24) is 0 Å². The molecule has 0 fully saturated rings. The van der Waals surface area contributed by atoms with Crippen molar-refractivity contribution in [2.45, 2.75) is 108 Å². The summed E-state index contributed by atoms with van der Waals surface area (Å²) in [4.78, 5) is 25.2. The van der Waals surface area contributed by atoms with E-state index in [2.05, 4.69) is 55.4 Å². The molecule has 0 aliphatic rings. The molecule has 0 saturated carbocycles. The van der Waals surface area contributed by atoms with E-state index >= 15 is 0 Å². The van der Waals surface area contributed by atoms with Crippen LogP contribution in [0.1, 0.15) is 108 Å². The Hall–Kier alpha value is -0.660. The highest BCUT2D eigenvalue weighted by Crippen LogP contribution is 2.52. The van der Waals surface area contributed by atoms with Gasteiger partial charge in [-0.05, 0) is 43.9 Å². The van der Waals surface area contributed by atoms with Crippen molar-refractivity contribution in [3.63, 3.8) is 0 Å². The van der Waals surface area contributed by atoms with Crippen LogP contribution in [-0.4, -0.2) is 11.6 Å². The predicted octanol–water partition coefficient (Wildman–Crippen LogP) is 6.61. The fourth-order valence-electron chi connectivity index (χ4n) is 4.12. The zero-order chi connectivity index (χ0) is 19.4. The van der Waals surface area contributed by atoms with Crippen molar-refractivity contribution in [3.05, 3.63) is 0 Å². The standard InChI is InChI=1S/C22H42O2/c1-11-13-14-19(5,6)15-21(9,17(3)23)16-22(10,18(4)24)20(7,8)12-2/h11-16H2,1-10H3. The lowest BCUT2D eigenvalue weighted by Crippen LogP contribution is -2.47. The van der Waals surface area contributed by atoms with Crippen LogP contribution in [0.5, 0.6) is 0 Å². The lowest BCUT2D eigenvalue weighted by atomic mass is 9.54. The van der Waals surface area contributed by atoms with Crippen LogP contribution in [0.3, 0.4) is 0 Å². The normalized spacial score (nSPS) is 17.9. The zero-order valence-electron chi connectivity index (χ0n) is 18.1. The molecule has 2 heteroatoms. The van der Waals surface area contributed by atoms with Gasteiger partial charge < -0.3 is 0 Å². The largest absolute Gasteiger partial charge is 0.299 e. The van der Waals surface area contributed by atoms with E-state index in [1.165, 1.54) is 12.8 Å². The topological polar surface area (TPSA) is 34.1 Å². The molecule has 0 N–H and O–H groups in total. The van der Waals surface area contributed by atoms with E-state index in [1.54, 1.807) is 13.8 Å². The summed E-state index contributed by atoms with van der Waals surface area (Å²) < 4.78 is 0. The molecule has 2 nitrogen and oxygen atoms in total. The Kier molecular flexibility index (Phi) is 7.92. The Morgan fingerprint density at radius 1 is 0.792 bits per heavy atom. The third-order valence-electron chi connectivity index (χ3n) is 6.82. The fraction of sp³-hybridized carbons (Fsp3) is 0.909. The summed E-state index contributed by atoms with van der Waals surface area (Å²) in [6, 6.07) is 0. The molecular weight excluding hydrogens is 296 g/mol. The number of carbonyl (C=O) groups excluding carboxylic acids is 2. The summed E-state index contributed by atoms with van der Waals surface area (Å²) in [5, 5.41) is 0. The van der Waals surface area contributed by atoms with Crippen LogP contribution in [0.2, 0.25) is 0 Å². The molecule has 0 aromatic heterocycles. The molecule has 0 aromatic carbocycles. The first-order valence-electron chi connectivity index (χ1n) is 9.69. The van der Waals surface area contributed by atoms with Crippen molar-refractivity contribution in [1.29, 1.82) is 0 Å². The van der Waals surface area contributed by atoms with E-state index in [9.17, 15) is 9.59 Å². The molecular formula is C22H42O2. The third kappa shape index (κ3) is 5.43. The van der Waals surface area contributed by atoms with Crippen LogP contribution in [-0.2, 0) is 9.59 Å². The predicted molar refractivity (Wildman–Crippen MR) is 104 cm³/mol. The average molecular weight is 339 g/mol. The van der Waals surface area contributed by atoms with E-state index < -0.39 is 10.8 Å². The van der Waals surface area contributed by atoms with Crippen molar-refractivity contribution in [2.24, 2.45) is 21.7 Å². The van der Waals surface area contributed by atoms with E-state index in [-0.39, 0.29) is 22.4 Å². The number of ketones is 2. The Morgan fingerprint density at radius 2 is 1.29 bits per heavy atom. The first-order chi connectivity index (χ1) is 10.7. The molecule has 2 unspecified atom stereocenters. The summed E-state index contributed by atoms with van der Waals surface area (Å²) in [5.41, 5.74) is -0.944. The van der Waals surface area contributed by atoms with E-state index in [1.807, 2.05) is 0 Å². The van der Waals surface area contributed by atoms with Crippen molar-refractivity contribution < 1.29 is 9.59 Å². The van der Waals surface area contributed by atoms with Crippen LogP contribution >= 0.6 is 0 Å². The van der Waals surface area contributed by atoms with Gasteiger partial charge in [0.15, 0.2) is 0 Å². The van der Waals surface area contributed by atoms with Gasteiger partial charge in [0.05, 0.1) is 0 Å². The molecule has 0 rings (SSSR count). The smallest absolute Gasteiger partial charge is 0.136 e. The molecule has 0 saturated heterocycles. The Bertz CT molecular complexity index is 447. The summed E-state index contributed by atoms with van der Waals surface area (Å²) >= 11 is 0. The molecule has 24 heavy (non-hydrogen) atoms. The Morgan fingerprint density at radius 3 is 1.62 bits per heavy atom. The number of hydrogen-bond donors (Lipinski definition) is 0. The van der Waals surface area contributed by atoms with Gasteiger partial charge >= 0.3 is 0 Å². The molecule has 142 valence electrons. The zero-order valence-corrected chi connectivity index (χ0v) is 18.1. The van der Waals surface area contributed by atoms with Gasteiger partial charge in [0, 0.05) is 10.8 Å². The first kappa shape index (κ1) is 23.3. The lowest BCUT2D eigenvalue weighted by Gasteiger charge is -2.48. The number of unbranched alkanes of at least 4 members (excludes halogenated alkanes) is 1. The Balaban J connectivity index is 5.73. The van der Waals surface area contributed by atoms with E-state index in [4.69, 9.17) is 0 Å². The molecule has 0 amide bonds. The van der Waals surface area contributed by atoms with Crippen molar-refractivity contribution in [3.8, 4) is 0 Å². The summed E-state index contributed by atoms with van der Waals surface area (Å²) in [7, 11) is 0. The summed E-state index contributed by atoms with van der Waals surface area (Å²) in [6.07, 6.45) is 5.90. The van der Waals surface area contributed by atoms with Crippen molar-refractivity contribution in [2.75, 3.05) is 0 Å². The van der Waals surface area contributed by atoms with Gasteiger partial charge in [-0.3, -0.25) is 9.59 Å². The molecule has 0 aliphatic carbocycles. The maximum atomic E-state index is 12.6. The first-order valence-corrected chi connectivity index (χ1v) is 9.69. The van der Waals surface area contributed by atoms with Crippen LogP contribution < -0.4 is 0 Å². The summed E-state index contributed by atoms with van der Waals surface area (Å²) in [5.74, 6) is 0.416. The minimum absolute atomic E-state index is 0.116. The maximum absolute atomic E-state index is 12.6. The maximum Gasteiger partial charge on any atom is 0.136 e. The second kappa shape index (κ2) is 8.15. The third-order valence-corrected chi connectivity index (χ3v) is 6.82. The number of carbonyl (C=O) groups is 2. The number of Topliss-reactive ketones (excluding diaryl/α,β-unsaturated/α-hetero) is 2.